The number of nitrogens with zero attached hydrogens (tertiary/aromatic N) is 1. The van der Waals surface area contributed by atoms with Gasteiger partial charge in [-0.05, 0) is 36.8 Å². The highest BCUT2D eigenvalue weighted by Crippen LogP contribution is 2.31. The summed E-state index contributed by atoms with van der Waals surface area (Å²) in [4.78, 5) is 26.2. The van der Waals surface area contributed by atoms with Crippen LogP contribution >= 0.6 is 11.6 Å². The van der Waals surface area contributed by atoms with Gasteiger partial charge < -0.3 is 26.5 Å². The highest BCUT2D eigenvalue weighted by Gasteiger charge is 2.22. The molecule has 0 bridgehead atoms. The Hall–Kier alpha value is -2.69. The van der Waals surface area contributed by atoms with Crippen LogP contribution in [-0.2, 0) is 4.79 Å². The largest absolute Gasteiger partial charge is 0.595 e. The first kappa shape index (κ1) is 21.0. The van der Waals surface area contributed by atoms with Gasteiger partial charge in [-0.2, -0.15) is 5.23 Å². The minimum absolute atomic E-state index is 0.0620. The number of quaternary nitrogens is 1. The molecular formula is C19H22ClN5O4. The van der Waals surface area contributed by atoms with Crippen LogP contribution in [-0.4, -0.2) is 36.7 Å². The number of carbonyl (C=O) groups is 2. The van der Waals surface area contributed by atoms with Crippen LogP contribution in [0.3, 0.4) is 0 Å². The number of amides is 2. The lowest BCUT2D eigenvalue weighted by Crippen LogP contribution is -2.99. The Morgan fingerprint density at radius 3 is 2.59 bits per heavy atom. The van der Waals surface area contributed by atoms with E-state index in [0.29, 0.717) is 37.3 Å². The third kappa shape index (κ3) is 4.84. The van der Waals surface area contributed by atoms with Crippen molar-refractivity contribution in [1.82, 2.24) is 0 Å². The molecule has 0 radical (unpaired) electrons. The SMILES string of the molecule is NCCNc1cc(NC(=O)c2ccc(N3CCCC3=O)cc2)c([NH+]([O-])O)cc1Cl. The van der Waals surface area contributed by atoms with Crippen LogP contribution in [0, 0.1) is 5.21 Å². The molecule has 1 fully saturated rings. The molecule has 1 unspecified atom stereocenters. The van der Waals surface area contributed by atoms with Gasteiger partial charge >= 0.3 is 0 Å². The molecule has 154 valence electrons. The first-order chi connectivity index (χ1) is 13.9. The second-order valence-corrected chi connectivity index (χ2v) is 6.96. The molecule has 0 spiro atoms. The first-order valence-electron chi connectivity index (χ1n) is 9.13. The first-order valence-corrected chi connectivity index (χ1v) is 9.51. The van der Waals surface area contributed by atoms with Crippen LogP contribution in [0.4, 0.5) is 22.7 Å². The van der Waals surface area contributed by atoms with E-state index in [9.17, 15) is 20.0 Å². The molecule has 2 aromatic rings. The van der Waals surface area contributed by atoms with Gasteiger partial charge in [0.15, 0.2) is 5.69 Å². The maximum absolute atomic E-state index is 12.6. The predicted molar refractivity (Wildman–Crippen MR) is 111 cm³/mol. The van der Waals surface area contributed by atoms with Crippen molar-refractivity contribution in [2.75, 3.05) is 35.2 Å². The Morgan fingerprint density at radius 2 is 2.00 bits per heavy atom. The molecule has 3 rings (SSSR count). The number of carbonyl (C=O) groups excluding carboxylic acids is 2. The van der Waals surface area contributed by atoms with Crippen LogP contribution < -0.4 is 26.5 Å². The number of nitrogens with one attached hydrogen (secondary N) is 3. The lowest BCUT2D eigenvalue weighted by molar-refractivity contribution is -0.990. The molecule has 2 aromatic carbocycles. The van der Waals surface area contributed by atoms with E-state index in [0.717, 1.165) is 12.1 Å². The zero-order chi connectivity index (χ0) is 21.0. The lowest BCUT2D eigenvalue weighted by Gasteiger charge is -2.19. The molecular weight excluding hydrogens is 398 g/mol. The molecule has 29 heavy (non-hydrogen) atoms. The molecule has 1 saturated heterocycles. The van der Waals surface area contributed by atoms with Crippen molar-refractivity contribution in [3.05, 3.63) is 52.2 Å². The summed E-state index contributed by atoms with van der Waals surface area (Å²) >= 11 is 6.11. The van der Waals surface area contributed by atoms with Gasteiger partial charge in [0.1, 0.15) is 5.69 Å². The molecule has 1 heterocycles. The normalized spacial score (nSPS) is 14.8. The van der Waals surface area contributed by atoms with Crippen molar-refractivity contribution in [3.63, 3.8) is 0 Å². The summed E-state index contributed by atoms with van der Waals surface area (Å²) < 4.78 is 0. The zero-order valence-electron chi connectivity index (χ0n) is 15.6. The highest BCUT2D eigenvalue weighted by atomic mass is 35.5. The van der Waals surface area contributed by atoms with E-state index in [2.05, 4.69) is 10.6 Å². The molecule has 2 amide bonds. The Labute approximate surface area is 172 Å². The van der Waals surface area contributed by atoms with Crippen molar-refractivity contribution in [1.29, 1.82) is 0 Å². The third-order valence-electron chi connectivity index (χ3n) is 4.56. The molecule has 1 aliphatic heterocycles. The number of hydrogen-bond donors (Lipinski definition) is 5. The topological polar surface area (TPSA) is 135 Å². The van der Waals surface area contributed by atoms with Gasteiger partial charge in [-0.1, -0.05) is 11.6 Å². The summed E-state index contributed by atoms with van der Waals surface area (Å²) in [6, 6.07) is 9.34. The van der Waals surface area contributed by atoms with Crippen LogP contribution in [0.2, 0.25) is 5.02 Å². The van der Waals surface area contributed by atoms with Crippen molar-refractivity contribution in [2.24, 2.45) is 5.73 Å². The summed E-state index contributed by atoms with van der Waals surface area (Å²) in [5.41, 5.74) is 7.00. The summed E-state index contributed by atoms with van der Waals surface area (Å²) in [6.07, 6.45) is 1.34. The molecule has 1 aliphatic rings. The van der Waals surface area contributed by atoms with Gasteiger partial charge in [0.25, 0.3) is 5.91 Å². The minimum atomic E-state index is -1.21. The lowest BCUT2D eigenvalue weighted by atomic mass is 10.1. The second kappa shape index (κ2) is 9.21. The van der Waals surface area contributed by atoms with Crippen LogP contribution in [0.15, 0.2) is 36.4 Å². The molecule has 9 nitrogen and oxygen atoms in total. The zero-order valence-corrected chi connectivity index (χ0v) is 16.3. The number of rotatable bonds is 7. The van der Waals surface area contributed by atoms with Crippen molar-refractivity contribution in [2.45, 2.75) is 12.8 Å². The quantitative estimate of drug-likeness (QED) is 0.431. The second-order valence-electron chi connectivity index (χ2n) is 6.55. The van der Waals surface area contributed by atoms with Gasteiger partial charge in [0, 0.05) is 43.4 Å². The van der Waals surface area contributed by atoms with Crippen molar-refractivity contribution >= 4 is 46.2 Å². The molecule has 10 heteroatoms. The highest BCUT2D eigenvalue weighted by molar-refractivity contribution is 6.33. The standard InChI is InChI=1S/C19H22ClN5O4/c20-14-10-17(25(28)29)16(11-15(14)22-8-7-21)23-19(27)12-3-5-13(6-4-12)24-9-1-2-18(24)26/h3-6,10-11,22,25,28H,1-2,7-9,21H2,(H,23,27). The minimum Gasteiger partial charge on any atom is -0.595 e. The smallest absolute Gasteiger partial charge is 0.255 e. The van der Waals surface area contributed by atoms with Gasteiger partial charge in [-0.3, -0.25) is 9.59 Å². The van der Waals surface area contributed by atoms with Crippen LogP contribution in [0.25, 0.3) is 0 Å². The maximum atomic E-state index is 12.6. The van der Waals surface area contributed by atoms with Gasteiger partial charge in [0.05, 0.1) is 10.7 Å². The summed E-state index contributed by atoms with van der Waals surface area (Å²) in [5, 5.41) is 25.6. The van der Waals surface area contributed by atoms with E-state index in [4.69, 9.17) is 17.3 Å². The molecule has 0 aromatic heterocycles. The van der Waals surface area contributed by atoms with Gasteiger partial charge in [-0.15, -0.1) is 0 Å². The van der Waals surface area contributed by atoms with Gasteiger partial charge in [-0.25, -0.2) is 5.21 Å². The molecule has 0 aliphatic carbocycles. The van der Waals surface area contributed by atoms with E-state index in [1.807, 2.05) is 0 Å². The Balaban J connectivity index is 1.81. The van der Waals surface area contributed by atoms with E-state index in [1.54, 1.807) is 29.2 Å². The average Bonchev–Trinajstić information content (AvgIpc) is 3.13. The summed E-state index contributed by atoms with van der Waals surface area (Å²) in [6.45, 7) is 1.47. The fourth-order valence-corrected chi connectivity index (χ4v) is 3.33. The number of anilines is 3. The van der Waals surface area contributed by atoms with E-state index < -0.39 is 11.1 Å². The maximum Gasteiger partial charge on any atom is 0.255 e. The summed E-state index contributed by atoms with van der Waals surface area (Å²) in [5.74, 6) is -0.411. The van der Waals surface area contributed by atoms with E-state index in [1.165, 1.54) is 12.1 Å². The fraction of sp³-hybridized carbons (Fsp3) is 0.263. The molecule has 1 atom stereocenters. The number of hydrogen-bond acceptors (Lipinski definition) is 6. The average molecular weight is 420 g/mol. The number of nitrogens with two attached hydrogens (primary N) is 1. The number of halogens is 1. The van der Waals surface area contributed by atoms with Crippen LogP contribution in [0.1, 0.15) is 23.2 Å². The third-order valence-corrected chi connectivity index (χ3v) is 4.87. The van der Waals surface area contributed by atoms with Crippen molar-refractivity contribution in [3.8, 4) is 0 Å². The molecule has 6 N–H and O–H groups in total. The van der Waals surface area contributed by atoms with Crippen LogP contribution in [0.5, 0.6) is 0 Å². The fourth-order valence-electron chi connectivity index (χ4n) is 3.10. The van der Waals surface area contributed by atoms with E-state index >= 15 is 0 Å². The summed E-state index contributed by atoms with van der Waals surface area (Å²) in [7, 11) is 0. The molecule has 0 saturated carbocycles. The van der Waals surface area contributed by atoms with Gasteiger partial charge in [0.2, 0.25) is 5.91 Å². The number of benzene rings is 2. The Bertz CT molecular complexity index is 904. The van der Waals surface area contributed by atoms with E-state index in [-0.39, 0.29) is 22.3 Å². The Kier molecular flexibility index (Phi) is 6.68. The van der Waals surface area contributed by atoms with Crippen molar-refractivity contribution < 1.29 is 20.0 Å². The predicted octanol–water partition coefficient (Wildman–Crippen LogP) is 1.49. The monoisotopic (exact) mass is 419 g/mol. The Morgan fingerprint density at radius 1 is 1.28 bits per heavy atom.